The normalized spacial score (nSPS) is 21.9. The van der Waals surface area contributed by atoms with Crippen molar-refractivity contribution in [2.75, 3.05) is 37.9 Å². The van der Waals surface area contributed by atoms with Gasteiger partial charge in [-0.25, -0.2) is 0 Å². The number of benzene rings is 2. The van der Waals surface area contributed by atoms with Gasteiger partial charge in [0.2, 0.25) is 0 Å². The van der Waals surface area contributed by atoms with E-state index in [4.69, 9.17) is 4.74 Å². The van der Waals surface area contributed by atoms with Crippen molar-refractivity contribution in [3.8, 4) is 0 Å². The molecule has 1 atom stereocenters. The molecule has 1 fully saturated rings. The minimum Gasteiger partial charge on any atom is -0.379 e. The molecular weight excluding hydrogens is 380 g/mol. The van der Waals surface area contributed by atoms with Crippen LogP contribution in [0.4, 0.5) is 5.69 Å². The van der Waals surface area contributed by atoms with Crippen LogP contribution < -0.4 is 4.90 Å². The lowest BCUT2D eigenvalue weighted by molar-refractivity contribution is -0.136. The monoisotopic (exact) mass is 408 g/mol. The molecular formula is C24H28N2O4. The molecule has 1 amide bonds. The quantitative estimate of drug-likeness (QED) is 0.745. The van der Waals surface area contributed by atoms with Crippen molar-refractivity contribution in [1.29, 1.82) is 0 Å². The number of ether oxygens (including phenoxy) is 1. The third-order valence-electron chi connectivity index (χ3n) is 6.00. The third kappa shape index (κ3) is 3.78. The average Bonchev–Trinajstić information content (AvgIpc) is 2.96. The summed E-state index contributed by atoms with van der Waals surface area (Å²) in [4.78, 5) is 30.0. The van der Waals surface area contributed by atoms with Gasteiger partial charge in [-0.05, 0) is 17.5 Å². The van der Waals surface area contributed by atoms with Gasteiger partial charge in [-0.15, -0.1) is 0 Å². The minimum atomic E-state index is -1.85. The smallest absolute Gasteiger partial charge is 0.265 e. The Morgan fingerprint density at radius 1 is 1.10 bits per heavy atom. The van der Waals surface area contributed by atoms with Crippen LogP contribution in [-0.2, 0) is 15.1 Å². The fourth-order valence-electron chi connectivity index (χ4n) is 4.15. The molecule has 0 radical (unpaired) electrons. The number of hydrogen-bond donors (Lipinski definition) is 1. The molecule has 30 heavy (non-hydrogen) atoms. The van der Waals surface area contributed by atoms with Gasteiger partial charge in [-0.3, -0.25) is 19.4 Å². The molecule has 2 heterocycles. The maximum atomic E-state index is 13.3. The first kappa shape index (κ1) is 20.7. The Morgan fingerprint density at radius 2 is 1.77 bits per heavy atom. The second-order valence-electron chi connectivity index (χ2n) is 8.36. The van der Waals surface area contributed by atoms with Crippen molar-refractivity contribution in [3.63, 3.8) is 0 Å². The number of morpholine rings is 1. The number of nitrogens with zero attached hydrogens (tertiary/aromatic N) is 2. The SMILES string of the molecule is CC(C)c1ccc(C(=O)C[C@@]2(O)C(=O)N(CN3CCOCC3)c3ccccc32)cc1. The maximum absolute atomic E-state index is 13.3. The number of rotatable bonds is 6. The summed E-state index contributed by atoms with van der Waals surface area (Å²) in [5, 5.41) is 11.4. The summed E-state index contributed by atoms with van der Waals surface area (Å²) >= 11 is 0. The van der Waals surface area contributed by atoms with Crippen LogP contribution in [0.15, 0.2) is 48.5 Å². The highest BCUT2D eigenvalue weighted by Crippen LogP contribution is 2.43. The lowest BCUT2D eigenvalue weighted by atomic mass is 9.87. The number of carbonyl (C=O) groups excluding carboxylic acids is 2. The zero-order valence-electron chi connectivity index (χ0n) is 17.5. The average molecular weight is 408 g/mol. The molecule has 158 valence electrons. The van der Waals surface area contributed by atoms with Crippen molar-refractivity contribution < 1.29 is 19.4 Å². The Kier molecular flexibility index (Phi) is 5.73. The number of ketones is 1. The van der Waals surface area contributed by atoms with Crippen molar-refractivity contribution in [2.45, 2.75) is 31.8 Å². The highest BCUT2D eigenvalue weighted by Gasteiger charge is 2.51. The molecule has 0 aliphatic carbocycles. The molecule has 1 N–H and O–H groups in total. The number of carbonyl (C=O) groups is 2. The first-order valence-electron chi connectivity index (χ1n) is 10.5. The van der Waals surface area contributed by atoms with E-state index in [2.05, 4.69) is 18.7 Å². The number of para-hydroxylation sites is 1. The van der Waals surface area contributed by atoms with Crippen molar-refractivity contribution in [3.05, 3.63) is 65.2 Å². The fourth-order valence-corrected chi connectivity index (χ4v) is 4.15. The van der Waals surface area contributed by atoms with Crippen LogP contribution in [0.25, 0.3) is 0 Å². The topological polar surface area (TPSA) is 70.1 Å². The van der Waals surface area contributed by atoms with Gasteiger partial charge in [0, 0.05) is 24.2 Å². The molecule has 2 aromatic rings. The van der Waals surface area contributed by atoms with Crippen LogP contribution in [0.3, 0.4) is 0 Å². The maximum Gasteiger partial charge on any atom is 0.265 e. The highest BCUT2D eigenvalue weighted by atomic mass is 16.5. The molecule has 6 nitrogen and oxygen atoms in total. The Hall–Kier alpha value is -2.54. The molecule has 0 bridgehead atoms. The molecule has 0 unspecified atom stereocenters. The van der Waals surface area contributed by atoms with Gasteiger partial charge in [-0.1, -0.05) is 56.3 Å². The van der Waals surface area contributed by atoms with Gasteiger partial charge in [0.25, 0.3) is 5.91 Å². The fraction of sp³-hybridized carbons (Fsp3) is 0.417. The Balaban J connectivity index is 1.58. The summed E-state index contributed by atoms with van der Waals surface area (Å²) in [5.74, 6) is -0.318. The summed E-state index contributed by atoms with van der Waals surface area (Å²) in [5.41, 5.74) is 0.959. The minimum absolute atomic E-state index is 0.246. The Morgan fingerprint density at radius 3 is 2.43 bits per heavy atom. The number of fused-ring (bicyclic) bond motifs is 1. The van der Waals surface area contributed by atoms with Crippen LogP contribution in [-0.4, -0.2) is 54.7 Å². The summed E-state index contributed by atoms with van der Waals surface area (Å²) in [6.45, 7) is 7.26. The van der Waals surface area contributed by atoms with E-state index in [1.54, 1.807) is 29.2 Å². The van der Waals surface area contributed by atoms with E-state index in [1.165, 1.54) is 0 Å². The second-order valence-corrected chi connectivity index (χ2v) is 8.36. The number of Topliss-reactive ketones (excluding diaryl/α,β-unsaturated/α-hetero) is 1. The first-order valence-corrected chi connectivity index (χ1v) is 10.5. The third-order valence-corrected chi connectivity index (χ3v) is 6.00. The van der Waals surface area contributed by atoms with Gasteiger partial charge in [0.15, 0.2) is 11.4 Å². The van der Waals surface area contributed by atoms with Crippen LogP contribution >= 0.6 is 0 Å². The second kappa shape index (κ2) is 8.30. The zero-order chi connectivity index (χ0) is 21.3. The summed E-state index contributed by atoms with van der Waals surface area (Å²) in [7, 11) is 0. The molecule has 0 saturated carbocycles. The van der Waals surface area contributed by atoms with Crippen LogP contribution in [0, 0.1) is 0 Å². The predicted molar refractivity (Wildman–Crippen MR) is 115 cm³/mol. The van der Waals surface area contributed by atoms with E-state index >= 15 is 0 Å². The number of aliphatic hydroxyl groups is 1. The van der Waals surface area contributed by atoms with E-state index in [-0.39, 0.29) is 12.2 Å². The van der Waals surface area contributed by atoms with Crippen LogP contribution in [0.5, 0.6) is 0 Å². The van der Waals surface area contributed by atoms with E-state index in [0.717, 1.165) is 18.7 Å². The van der Waals surface area contributed by atoms with Gasteiger partial charge in [0.1, 0.15) is 0 Å². The summed E-state index contributed by atoms with van der Waals surface area (Å²) in [6, 6.07) is 14.6. The van der Waals surface area contributed by atoms with Crippen molar-refractivity contribution in [2.24, 2.45) is 0 Å². The predicted octanol–water partition coefficient (Wildman–Crippen LogP) is 2.91. The Labute approximate surface area is 177 Å². The number of amides is 1. The van der Waals surface area contributed by atoms with E-state index in [9.17, 15) is 14.7 Å². The molecule has 1 saturated heterocycles. The lowest BCUT2D eigenvalue weighted by Crippen LogP contribution is -2.49. The molecule has 0 spiro atoms. The van der Waals surface area contributed by atoms with E-state index in [1.807, 2.05) is 24.3 Å². The Bertz CT molecular complexity index is 934. The number of anilines is 1. The van der Waals surface area contributed by atoms with E-state index in [0.29, 0.717) is 42.6 Å². The zero-order valence-corrected chi connectivity index (χ0v) is 17.5. The van der Waals surface area contributed by atoms with Gasteiger partial charge >= 0.3 is 0 Å². The largest absolute Gasteiger partial charge is 0.379 e. The van der Waals surface area contributed by atoms with Gasteiger partial charge in [0.05, 0.1) is 32.0 Å². The summed E-state index contributed by atoms with van der Waals surface area (Å²) in [6.07, 6.45) is -0.274. The molecule has 2 aliphatic rings. The molecule has 6 heteroatoms. The standard InChI is InChI=1S/C24H28N2O4/c1-17(2)18-7-9-19(10-8-18)22(27)15-24(29)20-5-3-4-6-21(20)26(23(24)28)16-25-11-13-30-14-12-25/h3-10,17,29H,11-16H2,1-2H3/t24-/m0/s1. The van der Waals surface area contributed by atoms with Crippen LogP contribution in [0.2, 0.25) is 0 Å². The van der Waals surface area contributed by atoms with Crippen LogP contribution in [0.1, 0.15) is 47.7 Å². The molecule has 0 aromatic heterocycles. The molecule has 2 aromatic carbocycles. The number of hydrogen-bond acceptors (Lipinski definition) is 5. The van der Waals surface area contributed by atoms with Crippen molar-refractivity contribution in [1.82, 2.24) is 4.90 Å². The first-order chi connectivity index (χ1) is 14.4. The van der Waals surface area contributed by atoms with Crippen molar-refractivity contribution >= 4 is 17.4 Å². The molecule has 2 aliphatic heterocycles. The van der Waals surface area contributed by atoms with E-state index < -0.39 is 11.5 Å². The van der Waals surface area contributed by atoms with Gasteiger partial charge in [-0.2, -0.15) is 0 Å². The molecule has 4 rings (SSSR count). The summed E-state index contributed by atoms with van der Waals surface area (Å²) < 4.78 is 5.39. The van der Waals surface area contributed by atoms with Gasteiger partial charge < -0.3 is 9.84 Å². The highest BCUT2D eigenvalue weighted by molar-refractivity contribution is 6.10. The lowest BCUT2D eigenvalue weighted by Gasteiger charge is -2.31.